The lowest BCUT2D eigenvalue weighted by Crippen LogP contribution is -2.41. The zero-order valence-corrected chi connectivity index (χ0v) is 62.5. The van der Waals surface area contributed by atoms with Crippen LogP contribution >= 0.6 is 0 Å². The van der Waals surface area contributed by atoms with Gasteiger partial charge in [-0.15, -0.1) is 0 Å². The average molecular weight is 1500 g/mol. The van der Waals surface area contributed by atoms with Crippen LogP contribution in [0.4, 0.5) is 0 Å². The smallest absolute Gasteiger partial charge is 0.296 e. The number of aryl methyl sites for hydroxylation is 5. The van der Waals surface area contributed by atoms with Crippen molar-refractivity contribution in [3.8, 4) is 57.5 Å². The molecule has 4 atom stereocenters. The highest BCUT2D eigenvalue weighted by Crippen LogP contribution is 2.27. The molecule has 0 aromatic carbocycles. The quantitative estimate of drug-likeness (QED) is 0.0253. The SMILES string of the molecule is CN(CCC1C=CC(O)=C(O)C1)CCN(C)CCC1C=CC(O)=C(O)C1.CN(CCOc1ccn(C)c(=O)c1O)CCN(CCOc1ccn(C)c(=O)c1O)CCOC1C=CCC(=O)C1O.CN(CCOc1ccn(C)c(=O)c1O)CCN(CCOc1ccn(C)c(=O)c1O)CCOc1ccn(C)c(=O)c1O. The maximum Gasteiger partial charge on any atom is 0.296 e. The van der Waals surface area contributed by atoms with Gasteiger partial charge in [0.15, 0.2) is 46.0 Å². The van der Waals surface area contributed by atoms with Crippen LogP contribution in [0.5, 0.6) is 57.5 Å². The van der Waals surface area contributed by atoms with Gasteiger partial charge in [-0.1, -0.05) is 24.3 Å². The number of aliphatic hydroxyl groups excluding tert-OH is 5. The number of rotatable bonds is 39. The first kappa shape index (κ1) is 85.9. The van der Waals surface area contributed by atoms with Crippen LogP contribution in [0.25, 0.3) is 0 Å². The molecule has 0 radical (unpaired) electrons. The number of nitrogens with zero attached hydrogens (tertiary/aromatic N) is 11. The minimum absolute atomic E-state index is 0.0111. The molecular formula is C74H107N11O22. The van der Waals surface area contributed by atoms with Crippen LogP contribution in [0.15, 0.2) is 145 Å². The number of allylic oxidation sites excluding steroid dienone is 7. The van der Waals surface area contributed by atoms with Crippen molar-refractivity contribution in [3.05, 3.63) is 173 Å². The Morgan fingerprint density at radius 3 is 0.963 bits per heavy atom. The fraction of sp³-hybridized carbons (Fsp3) is 0.514. The number of ketones is 1. The van der Waals surface area contributed by atoms with E-state index in [1.807, 2.05) is 40.9 Å². The lowest BCUT2D eigenvalue weighted by atomic mass is 9.95. The Balaban J connectivity index is 0.000000258. The summed E-state index contributed by atoms with van der Waals surface area (Å²) in [5, 5.41) is 98.2. The molecule has 0 saturated heterocycles. The van der Waals surface area contributed by atoms with Gasteiger partial charge in [-0.3, -0.25) is 38.6 Å². The minimum Gasteiger partial charge on any atom is -0.508 e. The van der Waals surface area contributed by atoms with Gasteiger partial charge in [0.2, 0.25) is 28.7 Å². The lowest BCUT2D eigenvalue weighted by molar-refractivity contribution is -0.133. The number of aromatic nitrogens is 5. The van der Waals surface area contributed by atoms with Crippen molar-refractivity contribution in [2.24, 2.45) is 47.1 Å². The second-order valence-corrected chi connectivity index (χ2v) is 26.6. The zero-order chi connectivity index (χ0) is 78.4. The Kier molecular flexibility index (Phi) is 34.5. The topological polar surface area (TPSA) is 404 Å². The summed E-state index contributed by atoms with van der Waals surface area (Å²) in [7, 11) is 15.7. The number of aliphatic hydroxyl groups is 5. The zero-order valence-electron chi connectivity index (χ0n) is 62.5. The Hall–Kier alpha value is -10.0. The van der Waals surface area contributed by atoms with Crippen LogP contribution in [0.3, 0.4) is 0 Å². The molecule has 33 nitrogen and oxygen atoms in total. The molecule has 5 aromatic heterocycles. The van der Waals surface area contributed by atoms with Crippen molar-refractivity contribution >= 4 is 5.78 Å². The first-order chi connectivity index (χ1) is 50.9. The molecule has 0 fully saturated rings. The normalized spacial score (nSPS) is 16.4. The molecule has 3 aliphatic carbocycles. The van der Waals surface area contributed by atoms with Gasteiger partial charge in [0.25, 0.3) is 27.8 Å². The molecule has 0 spiro atoms. The number of hydrogen-bond donors (Lipinski definition) is 10. The van der Waals surface area contributed by atoms with Crippen LogP contribution < -0.4 is 51.5 Å². The Labute approximate surface area is 620 Å². The van der Waals surface area contributed by atoms with E-state index in [1.54, 1.807) is 31.4 Å². The molecule has 5 aromatic rings. The number of pyridine rings is 5. The maximum absolute atomic E-state index is 12.0. The third-order valence-corrected chi connectivity index (χ3v) is 18.3. The average Bonchev–Trinajstić information content (AvgIpc) is 0.875. The van der Waals surface area contributed by atoms with Gasteiger partial charge >= 0.3 is 0 Å². The summed E-state index contributed by atoms with van der Waals surface area (Å²) >= 11 is 0. The third kappa shape index (κ3) is 27.4. The van der Waals surface area contributed by atoms with Crippen molar-refractivity contribution in [2.75, 3.05) is 159 Å². The molecule has 3 aliphatic rings. The van der Waals surface area contributed by atoms with Crippen molar-refractivity contribution < 1.29 is 84.3 Å². The number of carbonyl (C=O) groups excluding carboxylic acids is 1. The van der Waals surface area contributed by atoms with Gasteiger partial charge in [0, 0.05) is 194 Å². The highest BCUT2D eigenvalue weighted by Gasteiger charge is 2.28. The molecule has 0 bridgehead atoms. The number of ether oxygens (including phenoxy) is 6. The summed E-state index contributed by atoms with van der Waals surface area (Å²) in [6.07, 6.45) is 19.3. The van der Waals surface area contributed by atoms with E-state index in [0.717, 1.165) is 39.0 Å². The highest BCUT2D eigenvalue weighted by atomic mass is 16.5. The summed E-state index contributed by atoms with van der Waals surface area (Å²) in [4.78, 5) is 84.0. The number of likely N-dealkylation sites (N-methyl/N-ethyl adjacent to an activating group) is 4. The maximum atomic E-state index is 12.0. The van der Waals surface area contributed by atoms with E-state index < -0.39 is 68.8 Å². The van der Waals surface area contributed by atoms with Crippen molar-refractivity contribution in [2.45, 2.75) is 44.3 Å². The van der Waals surface area contributed by atoms with Crippen LogP contribution in [0.2, 0.25) is 0 Å². The van der Waals surface area contributed by atoms with E-state index in [2.05, 4.69) is 28.8 Å². The molecule has 5 heterocycles. The summed E-state index contributed by atoms with van der Waals surface area (Å²) in [6.45, 7) is 10.3. The number of carbonyl (C=O) groups is 1. The largest absolute Gasteiger partial charge is 0.508 e. The van der Waals surface area contributed by atoms with Gasteiger partial charge in [0.1, 0.15) is 56.8 Å². The third-order valence-electron chi connectivity index (χ3n) is 18.3. The van der Waals surface area contributed by atoms with E-state index in [4.69, 9.17) is 28.4 Å². The van der Waals surface area contributed by atoms with Gasteiger partial charge in [0.05, 0.1) is 6.61 Å². The summed E-state index contributed by atoms with van der Waals surface area (Å²) in [5.41, 5.74) is -2.74. The fourth-order valence-corrected chi connectivity index (χ4v) is 11.0. The monoisotopic (exact) mass is 1500 g/mol. The standard InChI is InChI=1S/C27H37N5O9.C27H38N4O9.C20H32N2O4/c1-28(13-16-39-19-5-8-29(2)25(36)22(19)33)11-12-32(14-17-40-20-6-9-30(3)26(37)23(20)34)15-18-41-21-7-10-31(4)27(38)24(21)35;1-28(13-16-38-21-7-9-29(2)26(36)24(21)34)11-12-31(14-17-39-20-6-4-5-19(32)23(20)33)15-18-40-22-8-10-30(3)27(37)25(22)35;1-21(9-7-15-3-5-17(23)19(25)13-15)11-12-22(2)10-8-16-4-6-18(24)20(26)14-16/h5-10,33-35H,11-18H2,1-4H3;4,6-10,20,23,33-35H,5,11-18H2,1-3H3;3-6,15-16,23-26H,7-14H2,1-2H3. The molecule has 0 amide bonds. The van der Waals surface area contributed by atoms with Crippen LogP contribution in [-0.2, 0) is 44.8 Å². The van der Waals surface area contributed by atoms with Gasteiger partial charge in [-0.2, -0.15) is 0 Å². The Morgan fingerprint density at radius 1 is 0.374 bits per heavy atom. The van der Waals surface area contributed by atoms with Crippen molar-refractivity contribution in [3.63, 3.8) is 0 Å². The van der Waals surface area contributed by atoms with E-state index in [-0.39, 0.29) is 115 Å². The summed E-state index contributed by atoms with van der Waals surface area (Å²) < 4.78 is 40.1. The van der Waals surface area contributed by atoms with Crippen LogP contribution in [-0.4, -0.2) is 281 Å². The van der Waals surface area contributed by atoms with E-state index in [0.29, 0.717) is 78.3 Å². The number of aromatic hydroxyl groups is 5. The Morgan fingerprint density at radius 2 is 0.654 bits per heavy atom. The molecule has 33 heteroatoms. The highest BCUT2D eigenvalue weighted by molar-refractivity contribution is 5.86. The first-order valence-electron chi connectivity index (χ1n) is 35.3. The first-order valence-corrected chi connectivity index (χ1v) is 35.3. The Bertz CT molecular complexity index is 4060. The lowest BCUT2D eigenvalue weighted by Gasteiger charge is -2.27. The molecule has 0 aliphatic heterocycles. The van der Waals surface area contributed by atoms with Crippen LogP contribution in [0, 0.1) is 11.8 Å². The molecule has 0 saturated carbocycles. The predicted octanol–water partition coefficient (Wildman–Crippen LogP) is 2.57. The molecule has 590 valence electrons. The van der Waals surface area contributed by atoms with E-state index in [1.165, 1.54) is 112 Å². The van der Waals surface area contributed by atoms with Crippen LogP contribution in [0.1, 0.15) is 32.1 Å². The fourth-order valence-electron chi connectivity index (χ4n) is 11.0. The summed E-state index contributed by atoms with van der Waals surface area (Å²) in [6, 6.07) is 7.60. The molecule has 107 heavy (non-hydrogen) atoms. The second-order valence-electron chi connectivity index (χ2n) is 26.6. The van der Waals surface area contributed by atoms with E-state index in [9.17, 15) is 79.8 Å². The predicted molar refractivity (Wildman–Crippen MR) is 400 cm³/mol. The number of hydrogen-bond acceptors (Lipinski definition) is 28. The molecular weight excluding hydrogens is 1390 g/mol. The molecule has 4 unspecified atom stereocenters. The van der Waals surface area contributed by atoms with E-state index >= 15 is 0 Å². The summed E-state index contributed by atoms with van der Waals surface area (Å²) in [5.74, 6) is -1.30. The van der Waals surface area contributed by atoms with Crippen molar-refractivity contribution in [1.82, 2.24) is 52.2 Å². The van der Waals surface area contributed by atoms with Gasteiger partial charge in [-0.05, 0) is 78.1 Å². The molecule has 8 rings (SSSR count). The minimum atomic E-state index is -1.18. The van der Waals surface area contributed by atoms with Crippen molar-refractivity contribution in [1.29, 1.82) is 0 Å². The second kappa shape index (κ2) is 43.0. The number of Topliss-reactive ketones (excluding diaryl/α,β-unsaturated/α-hetero) is 1. The van der Waals surface area contributed by atoms with Gasteiger partial charge < -0.3 is 122 Å². The van der Waals surface area contributed by atoms with Gasteiger partial charge in [-0.25, -0.2) is 0 Å². The molecule has 10 N–H and O–H groups in total.